The average molecular weight is 283 g/mol. The van der Waals surface area contributed by atoms with Crippen molar-refractivity contribution in [2.45, 2.75) is 51.5 Å². The van der Waals surface area contributed by atoms with Crippen molar-refractivity contribution >= 4 is 22.6 Å². The Bertz CT molecular complexity index is 736. The summed E-state index contributed by atoms with van der Waals surface area (Å²) >= 11 is 0. The Morgan fingerprint density at radius 2 is 1.90 bits per heavy atom. The van der Waals surface area contributed by atoms with Crippen LogP contribution >= 0.6 is 0 Å². The van der Waals surface area contributed by atoms with Gasteiger partial charge in [0, 0.05) is 18.6 Å². The Labute approximate surface area is 124 Å². The predicted molar refractivity (Wildman–Crippen MR) is 84.8 cm³/mol. The van der Waals surface area contributed by atoms with Gasteiger partial charge in [0.15, 0.2) is 0 Å². The van der Waals surface area contributed by atoms with Gasteiger partial charge in [-0.3, -0.25) is 9.58 Å². The molecule has 2 aromatic rings. The van der Waals surface area contributed by atoms with Crippen LogP contribution in [0.2, 0.25) is 0 Å². The van der Waals surface area contributed by atoms with Crippen LogP contribution < -0.4 is 5.01 Å². The second kappa shape index (κ2) is 4.29. The first-order valence-electron chi connectivity index (χ1n) is 7.77. The van der Waals surface area contributed by atoms with Crippen LogP contribution in [-0.2, 0) is 5.54 Å². The normalized spacial score (nSPS) is 20.7. The minimum atomic E-state index is 0.0165. The summed E-state index contributed by atoms with van der Waals surface area (Å²) < 4.78 is 2.43. The summed E-state index contributed by atoms with van der Waals surface area (Å²) in [4.78, 5) is 9.09. The molecule has 4 rings (SSSR count). The number of hydrogen-bond donors (Lipinski definition) is 0. The standard InChI is InChI=1S/C16H21N5/c1-11-16(7-5-4-6-8-16)21-14(20(3)19-11)9-13-10-17-12(2)18-15(13)21/h9-10H,4-8H2,1-3H3. The van der Waals surface area contributed by atoms with E-state index in [1.165, 1.54) is 25.0 Å². The molecule has 5 heteroatoms. The van der Waals surface area contributed by atoms with Crippen LogP contribution in [0.25, 0.3) is 11.0 Å². The number of anilines is 1. The monoisotopic (exact) mass is 283 g/mol. The van der Waals surface area contributed by atoms with Gasteiger partial charge in [0.25, 0.3) is 0 Å². The van der Waals surface area contributed by atoms with Crippen LogP contribution in [0.1, 0.15) is 44.9 Å². The number of fused-ring (bicyclic) bond motifs is 4. The molecule has 1 aliphatic carbocycles. The van der Waals surface area contributed by atoms with E-state index in [1.807, 2.05) is 25.2 Å². The van der Waals surface area contributed by atoms with E-state index >= 15 is 0 Å². The molecule has 1 spiro atoms. The first kappa shape index (κ1) is 12.8. The van der Waals surface area contributed by atoms with Gasteiger partial charge in [0.2, 0.25) is 0 Å². The first-order chi connectivity index (χ1) is 10.1. The van der Waals surface area contributed by atoms with Crippen LogP contribution in [0.15, 0.2) is 17.4 Å². The Balaban J connectivity index is 2.04. The minimum absolute atomic E-state index is 0.0165. The van der Waals surface area contributed by atoms with Gasteiger partial charge in [-0.15, -0.1) is 0 Å². The SMILES string of the molecule is CC1=NN(C)c2cc3cnc(C)nc3n2C12CCCCC2. The molecule has 2 aliphatic rings. The summed E-state index contributed by atoms with van der Waals surface area (Å²) in [7, 11) is 2.02. The van der Waals surface area contributed by atoms with Crippen LogP contribution in [0.4, 0.5) is 5.82 Å². The van der Waals surface area contributed by atoms with E-state index in [2.05, 4.69) is 22.5 Å². The van der Waals surface area contributed by atoms with Crippen LogP contribution in [0, 0.1) is 6.92 Å². The van der Waals surface area contributed by atoms with Crippen molar-refractivity contribution in [3.63, 3.8) is 0 Å². The highest BCUT2D eigenvalue weighted by Gasteiger charge is 2.42. The van der Waals surface area contributed by atoms with E-state index in [0.717, 1.165) is 35.5 Å². The Morgan fingerprint density at radius 3 is 2.67 bits per heavy atom. The van der Waals surface area contributed by atoms with E-state index in [4.69, 9.17) is 10.1 Å². The number of aromatic nitrogens is 3. The molecule has 0 bridgehead atoms. The van der Waals surface area contributed by atoms with Gasteiger partial charge in [-0.25, -0.2) is 9.97 Å². The number of nitrogens with zero attached hydrogens (tertiary/aromatic N) is 5. The quantitative estimate of drug-likeness (QED) is 0.745. The van der Waals surface area contributed by atoms with Crippen molar-refractivity contribution in [2.24, 2.45) is 5.10 Å². The van der Waals surface area contributed by atoms with Gasteiger partial charge >= 0.3 is 0 Å². The Morgan fingerprint density at radius 1 is 1.14 bits per heavy atom. The first-order valence-corrected chi connectivity index (χ1v) is 7.77. The average Bonchev–Trinajstić information content (AvgIpc) is 2.86. The second-order valence-corrected chi connectivity index (χ2v) is 6.34. The fourth-order valence-corrected chi connectivity index (χ4v) is 3.97. The van der Waals surface area contributed by atoms with Crippen LogP contribution in [0.5, 0.6) is 0 Å². The number of hydrogen-bond acceptors (Lipinski definition) is 4. The maximum Gasteiger partial charge on any atom is 0.146 e. The third-order valence-corrected chi connectivity index (χ3v) is 5.06. The third-order valence-electron chi connectivity index (χ3n) is 5.06. The molecule has 0 aromatic carbocycles. The van der Waals surface area contributed by atoms with E-state index in [1.54, 1.807) is 0 Å². The minimum Gasteiger partial charge on any atom is -0.299 e. The molecule has 1 saturated carbocycles. The lowest BCUT2D eigenvalue weighted by Gasteiger charge is -2.44. The Hall–Kier alpha value is -1.91. The lowest BCUT2D eigenvalue weighted by molar-refractivity contribution is 0.282. The van der Waals surface area contributed by atoms with Gasteiger partial charge in [-0.1, -0.05) is 19.3 Å². The van der Waals surface area contributed by atoms with Gasteiger partial charge in [0.1, 0.15) is 17.3 Å². The van der Waals surface area contributed by atoms with E-state index < -0.39 is 0 Å². The molecule has 21 heavy (non-hydrogen) atoms. The molecule has 110 valence electrons. The van der Waals surface area contributed by atoms with E-state index in [-0.39, 0.29) is 5.54 Å². The highest BCUT2D eigenvalue weighted by atomic mass is 15.5. The predicted octanol–water partition coefficient (Wildman–Crippen LogP) is 3.22. The molecule has 5 nitrogen and oxygen atoms in total. The molecule has 1 fully saturated rings. The summed E-state index contributed by atoms with van der Waals surface area (Å²) in [5.74, 6) is 1.97. The van der Waals surface area contributed by atoms with Crippen molar-refractivity contribution in [3.05, 3.63) is 18.1 Å². The summed E-state index contributed by atoms with van der Waals surface area (Å²) in [6, 6.07) is 2.17. The highest BCUT2D eigenvalue weighted by Crippen LogP contribution is 2.44. The fraction of sp³-hybridized carbons (Fsp3) is 0.562. The molecule has 0 unspecified atom stereocenters. The number of hydrazone groups is 1. The summed E-state index contributed by atoms with van der Waals surface area (Å²) in [5.41, 5.74) is 2.29. The Kier molecular flexibility index (Phi) is 2.62. The zero-order chi connectivity index (χ0) is 14.6. The zero-order valence-electron chi connectivity index (χ0n) is 12.9. The largest absolute Gasteiger partial charge is 0.299 e. The molecule has 0 radical (unpaired) electrons. The van der Waals surface area contributed by atoms with Crippen LogP contribution in [0.3, 0.4) is 0 Å². The number of aryl methyl sites for hydroxylation is 1. The molecule has 1 aliphatic heterocycles. The molecule has 0 saturated heterocycles. The van der Waals surface area contributed by atoms with Gasteiger partial charge in [0.05, 0.1) is 11.3 Å². The highest BCUT2D eigenvalue weighted by molar-refractivity contribution is 5.96. The van der Waals surface area contributed by atoms with Crippen molar-refractivity contribution in [1.82, 2.24) is 14.5 Å². The lowest BCUT2D eigenvalue weighted by atomic mass is 9.78. The molecule has 0 amide bonds. The molecule has 2 aromatic heterocycles. The maximum atomic E-state index is 4.80. The van der Waals surface area contributed by atoms with Crippen molar-refractivity contribution < 1.29 is 0 Å². The van der Waals surface area contributed by atoms with Crippen molar-refractivity contribution in [1.29, 1.82) is 0 Å². The van der Waals surface area contributed by atoms with E-state index in [0.29, 0.717) is 0 Å². The maximum absolute atomic E-state index is 4.80. The molecule has 0 N–H and O–H groups in total. The number of rotatable bonds is 0. The molecular weight excluding hydrogens is 262 g/mol. The zero-order valence-corrected chi connectivity index (χ0v) is 12.9. The fourth-order valence-electron chi connectivity index (χ4n) is 3.97. The van der Waals surface area contributed by atoms with Gasteiger partial charge < -0.3 is 0 Å². The smallest absolute Gasteiger partial charge is 0.146 e. The van der Waals surface area contributed by atoms with Gasteiger partial charge in [-0.2, -0.15) is 5.10 Å². The van der Waals surface area contributed by atoms with Crippen LogP contribution in [-0.4, -0.2) is 27.3 Å². The molecule has 0 atom stereocenters. The van der Waals surface area contributed by atoms with E-state index in [9.17, 15) is 0 Å². The summed E-state index contributed by atoms with van der Waals surface area (Å²) in [5, 5.41) is 7.89. The van der Waals surface area contributed by atoms with Gasteiger partial charge in [-0.05, 0) is 32.8 Å². The second-order valence-electron chi connectivity index (χ2n) is 6.34. The summed E-state index contributed by atoms with van der Waals surface area (Å²) in [6.45, 7) is 4.13. The van der Waals surface area contributed by atoms with Crippen molar-refractivity contribution in [3.8, 4) is 0 Å². The lowest BCUT2D eigenvalue weighted by Crippen LogP contribution is -2.47. The third kappa shape index (κ3) is 1.66. The van der Waals surface area contributed by atoms with Crippen molar-refractivity contribution in [2.75, 3.05) is 12.1 Å². The molecule has 3 heterocycles. The molecular formula is C16H21N5. The topological polar surface area (TPSA) is 46.3 Å². The summed E-state index contributed by atoms with van der Waals surface area (Å²) in [6.07, 6.45) is 8.11.